The number of nitrogens with zero attached hydrogens (tertiary/aromatic N) is 6. The van der Waals surface area contributed by atoms with Crippen molar-refractivity contribution in [3.05, 3.63) is 85.7 Å². The van der Waals surface area contributed by atoms with Crippen molar-refractivity contribution in [1.82, 2.24) is 29.6 Å². The van der Waals surface area contributed by atoms with Gasteiger partial charge in [-0.25, -0.2) is 14.4 Å². The monoisotopic (exact) mass is 594 g/mol. The quantitative estimate of drug-likeness (QED) is 0.207. The number of rotatable bonds is 9. The smallest absolute Gasteiger partial charge is 0.245 e. The zero-order valence-electron chi connectivity index (χ0n) is 24.3. The van der Waals surface area contributed by atoms with Crippen molar-refractivity contribution < 1.29 is 18.7 Å². The Morgan fingerprint density at radius 3 is 2.57 bits per heavy atom. The molecule has 3 aromatic heterocycles. The van der Waals surface area contributed by atoms with Crippen LogP contribution in [-0.2, 0) is 11.8 Å². The Morgan fingerprint density at radius 2 is 1.84 bits per heavy atom. The van der Waals surface area contributed by atoms with E-state index in [0.717, 1.165) is 24.2 Å². The lowest BCUT2D eigenvalue weighted by Crippen LogP contribution is -2.41. The van der Waals surface area contributed by atoms with Gasteiger partial charge in [-0.05, 0) is 49.2 Å². The first-order valence-electron chi connectivity index (χ1n) is 14.1. The fourth-order valence-corrected chi connectivity index (χ4v) is 5.22. The van der Waals surface area contributed by atoms with E-state index in [4.69, 9.17) is 9.47 Å². The number of nitrogens with one attached hydrogen (secondary N) is 2. The van der Waals surface area contributed by atoms with Gasteiger partial charge in [0.1, 0.15) is 35.2 Å². The fourth-order valence-electron chi connectivity index (χ4n) is 5.22. The first kappa shape index (κ1) is 28.6. The summed E-state index contributed by atoms with van der Waals surface area (Å²) in [5, 5.41) is 11.5. The second-order valence-electron chi connectivity index (χ2n) is 10.3. The number of methoxy groups -OCH3 is 1. The largest absolute Gasteiger partial charge is 0.495 e. The van der Waals surface area contributed by atoms with E-state index < -0.39 is 5.82 Å². The molecule has 0 saturated carbocycles. The van der Waals surface area contributed by atoms with Crippen LogP contribution in [0.2, 0.25) is 0 Å². The molecular formula is C32H31FN8O3. The third kappa shape index (κ3) is 6.00. The number of anilines is 3. The summed E-state index contributed by atoms with van der Waals surface area (Å²) in [5.41, 5.74) is 3.15. The van der Waals surface area contributed by atoms with Crippen molar-refractivity contribution in [2.75, 3.05) is 30.8 Å². The van der Waals surface area contributed by atoms with Gasteiger partial charge < -0.3 is 25.0 Å². The lowest BCUT2D eigenvalue weighted by atomic mass is 10.0. The molecule has 224 valence electrons. The van der Waals surface area contributed by atoms with Crippen molar-refractivity contribution in [3.63, 3.8) is 0 Å². The number of amides is 1. The molecule has 0 radical (unpaired) electrons. The molecule has 0 atom stereocenters. The first-order chi connectivity index (χ1) is 21.4. The maximum atomic E-state index is 15.3. The Hall–Kier alpha value is -5.52. The van der Waals surface area contributed by atoms with Crippen LogP contribution in [0.25, 0.3) is 22.3 Å². The summed E-state index contributed by atoms with van der Waals surface area (Å²) in [4.78, 5) is 26.9. The van der Waals surface area contributed by atoms with Crippen LogP contribution in [0.4, 0.5) is 21.6 Å². The molecule has 0 spiro atoms. The van der Waals surface area contributed by atoms with E-state index in [1.807, 2.05) is 25.2 Å². The zero-order valence-corrected chi connectivity index (χ0v) is 24.3. The van der Waals surface area contributed by atoms with Crippen molar-refractivity contribution in [1.29, 1.82) is 0 Å². The number of carbonyl (C=O) groups is 1. The van der Waals surface area contributed by atoms with Gasteiger partial charge in [-0.2, -0.15) is 5.10 Å². The summed E-state index contributed by atoms with van der Waals surface area (Å²) < 4.78 is 28.6. The van der Waals surface area contributed by atoms with E-state index in [2.05, 4.69) is 37.3 Å². The molecular weight excluding hydrogens is 563 g/mol. The average Bonchev–Trinajstić information content (AvgIpc) is 3.48. The van der Waals surface area contributed by atoms with Crippen LogP contribution in [0.3, 0.4) is 0 Å². The van der Waals surface area contributed by atoms with Gasteiger partial charge in [0.05, 0.1) is 35.4 Å². The molecule has 1 amide bonds. The predicted octanol–water partition coefficient (Wildman–Crippen LogP) is 5.70. The van der Waals surface area contributed by atoms with Crippen LogP contribution in [-0.4, -0.2) is 61.8 Å². The number of halogens is 1. The minimum atomic E-state index is -0.511. The van der Waals surface area contributed by atoms with Crippen molar-refractivity contribution in [3.8, 4) is 28.6 Å². The van der Waals surface area contributed by atoms with Gasteiger partial charge in [0, 0.05) is 62.2 Å². The second-order valence-corrected chi connectivity index (χ2v) is 10.3. The van der Waals surface area contributed by atoms with Crippen molar-refractivity contribution in [2.45, 2.75) is 18.9 Å². The molecule has 12 heteroatoms. The standard InChI is InChI=1S/C32H31FN8O3/c1-4-31(42)41-13-9-20(10-14-41)38-28-17-23-26(18-30(28)43-3)35-19-36-32(23)39-25-6-5-21(15-24(25)33)44-22-7-11-34-27(16-22)29-8-12-37-40(29)2/h4-8,11-12,15-20,38H,1,9-10,13-14H2,2-3H3,(H,35,36,39). The van der Waals surface area contributed by atoms with Crippen LogP contribution >= 0.6 is 0 Å². The van der Waals surface area contributed by atoms with Gasteiger partial charge in [0.15, 0.2) is 0 Å². The molecule has 44 heavy (non-hydrogen) atoms. The number of ether oxygens (including phenoxy) is 2. The normalized spacial score (nSPS) is 13.5. The summed E-state index contributed by atoms with van der Waals surface area (Å²) in [7, 11) is 3.43. The van der Waals surface area contributed by atoms with Gasteiger partial charge in [-0.1, -0.05) is 6.58 Å². The number of hydrogen-bond donors (Lipinski definition) is 2. The minimum absolute atomic E-state index is 0.0568. The van der Waals surface area contributed by atoms with E-state index in [-0.39, 0.29) is 17.6 Å². The van der Waals surface area contributed by atoms with Crippen LogP contribution in [0.5, 0.6) is 17.2 Å². The number of hydrogen-bond acceptors (Lipinski definition) is 9. The highest BCUT2D eigenvalue weighted by Crippen LogP contribution is 2.35. The zero-order chi connectivity index (χ0) is 30.6. The number of benzene rings is 2. The number of piperidine rings is 1. The number of fused-ring (bicyclic) bond motifs is 1. The number of aryl methyl sites for hydroxylation is 1. The van der Waals surface area contributed by atoms with E-state index in [9.17, 15) is 4.79 Å². The summed E-state index contributed by atoms with van der Waals surface area (Å²) in [6.45, 7) is 4.85. The summed E-state index contributed by atoms with van der Waals surface area (Å²) in [6.07, 6.45) is 7.65. The fraction of sp³-hybridized carbons (Fsp3) is 0.219. The Balaban J connectivity index is 1.20. The Bertz CT molecular complexity index is 1830. The molecule has 0 aliphatic carbocycles. The Kier molecular flexibility index (Phi) is 8.04. The van der Waals surface area contributed by atoms with E-state index >= 15 is 4.39 Å². The highest BCUT2D eigenvalue weighted by molar-refractivity contribution is 5.95. The molecule has 1 aliphatic rings. The predicted molar refractivity (Wildman–Crippen MR) is 166 cm³/mol. The number of pyridine rings is 1. The molecule has 4 heterocycles. The molecule has 0 unspecified atom stereocenters. The first-order valence-corrected chi connectivity index (χ1v) is 14.1. The van der Waals surface area contributed by atoms with E-state index in [0.29, 0.717) is 52.8 Å². The molecule has 2 aromatic carbocycles. The van der Waals surface area contributed by atoms with Crippen LogP contribution in [0.1, 0.15) is 12.8 Å². The highest BCUT2D eigenvalue weighted by Gasteiger charge is 2.23. The third-order valence-electron chi connectivity index (χ3n) is 7.54. The Labute approximate surface area is 253 Å². The Morgan fingerprint density at radius 1 is 1.02 bits per heavy atom. The van der Waals surface area contributed by atoms with Gasteiger partial charge >= 0.3 is 0 Å². The van der Waals surface area contributed by atoms with Crippen LogP contribution in [0.15, 0.2) is 79.9 Å². The van der Waals surface area contributed by atoms with E-state index in [1.165, 1.54) is 18.5 Å². The molecule has 0 bridgehead atoms. The average molecular weight is 595 g/mol. The number of likely N-dealkylation sites (tertiary alicyclic amines) is 1. The molecule has 6 rings (SSSR count). The van der Waals surface area contributed by atoms with E-state index in [1.54, 1.807) is 53.4 Å². The molecule has 1 fully saturated rings. The minimum Gasteiger partial charge on any atom is -0.495 e. The molecule has 2 N–H and O–H groups in total. The maximum absolute atomic E-state index is 15.3. The molecule has 11 nitrogen and oxygen atoms in total. The molecule has 5 aromatic rings. The molecule has 1 aliphatic heterocycles. The lowest BCUT2D eigenvalue weighted by Gasteiger charge is -2.32. The third-order valence-corrected chi connectivity index (χ3v) is 7.54. The lowest BCUT2D eigenvalue weighted by molar-refractivity contribution is -0.126. The summed E-state index contributed by atoms with van der Waals surface area (Å²) in [5.74, 6) is 1.35. The summed E-state index contributed by atoms with van der Waals surface area (Å²) >= 11 is 0. The van der Waals surface area contributed by atoms with Crippen LogP contribution in [0, 0.1) is 5.82 Å². The van der Waals surface area contributed by atoms with Crippen molar-refractivity contribution in [2.24, 2.45) is 7.05 Å². The second kappa shape index (κ2) is 12.4. The maximum Gasteiger partial charge on any atom is 0.245 e. The highest BCUT2D eigenvalue weighted by atomic mass is 19.1. The topological polar surface area (TPSA) is 119 Å². The van der Waals surface area contributed by atoms with Gasteiger partial charge in [0.2, 0.25) is 5.91 Å². The van der Waals surface area contributed by atoms with Crippen LogP contribution < -0.4 is 20.1 Å². The SMILES string of the molecule is C=CC(=O)N1CCC(Nc2cc3c(Nc4ccc(Oc5ccnc(-c6ccnn6C)c5)cc4F)ncnc3cc2OC)CC1. The van der Waals surface area contributed by atoms with Gasteiger partial charge in [0.25, 0.3) is 0 Å². The summed E-state index contributed by atoms with van der Waals surface area (Å²) in [6, 6.07) is 13.8. The molecule has 1 saturated heterocycles. The van der Waals surface area contributed by atoms with Crippen molar-refractivity contribution >= 4 is 34.0 Å². The van der Waals surface area contributed by atoms with Gasteiger partial charge in [-0.3, -0.25) is 14.5 Å². The van der Waals surface area contributed by atoms with Gasteiger partial charge in [-0.15, -0.1) is 0 Å². The number of carbonyl (C=O) groups excluding carboxylic acids is 1. The number of aromatic nitrogens is 5.